The topological polar surface area (TPSA) is 252 Å². The van der Waals surface area contributed by atoms with E-state index in [0.29, 0.717) is 65.3 Å². The minimum absolute atomic E-state index is 0. The zero-order chi connectivity index (χ0) is 85.9. The number of phosphoric ester groups is 4. The maximum absolute atomic E-state index is 13.4. The van der Waals surface area contributed by atoms with Crippen LogP contribution in [0.4, 0.5) is 0 Å². The zero-order valence-electron chi connectivity index (χ0n) is 77.5. The number of fused-ring (bicyclic) bond motifs is 8. The predicted molar refractivity (Wildman–Crippen MR) is 462 cm³/mol. The SMILES string of the molecule is CC(C)(C)c1cc2c(c(C(C)(C)C)c1)OP(=O)([O-])Oc1c(cc(C(C)(C)C)cc1C(C)(C)C)C2.CC1c2cc(C(C)(C)C)cc(C(C)(C)C)c2OP(=O)([O-])Oc2c1cc(C(C)(C)C)cc2C(C)(C)C.Cc1cc(C)c2c(c1)Cc1cc(C)cc(C)c1OP(=O)([O-])O2.Cc1cc(C)c2c(c1)Cc1cc(C)cc(C)c1OP(=O)([O][AlH])O2.O.[Li+].[Li+].[Li+]. The van der Waals surface area contributed by atoms with Crippen LogP contribution < -0.4 is 107 Å². The predicted octanol–water partition coefficient (Wildman–Crippen LogP) is 14.1. The molecule has 25 heteroatoms. The van der Waals surface area contributed by atoms with E-state index in [9.17, 15) is 32.9 Å². The fourth-order valence-electron chi connectivity index (χ4n) is 15.0. The van der Waals surface area contributed by atoms with Crippen LogP contribution in [0.3, 0.4) is 0 Å². The van der Waals surface area contributed by atoms with Crippen LogP contribution in [0.1, 0.15) is 313 Å². The van der Waals surface area contributed by atoms with E-state index in [0.717, 1.165) is 150 Å². The number of phosphoric acid groups is 4. The summed E-state index contributed by atoms with van der Waals surface area (Å²) in [7, 11) is -17.5. The van der Waals surface area contributed by atoms with Gasteiger partial charge in [-0.25, -0.2) is 18.3 Å². The normalized spacial score (nSPS) is 17.0. The van der Waals surface area contributed by atoms with E-state index in [2.05, 4.69) is 234 Å². The van der Waals surface area contributed by atoms with E-state index in [4.69, 9.17) is 39.8 Å². The maximum atomic E-state index is 13.4. The van der Waals surface area contributed by atoms with Gasteiger partial charge in [-0.15, -0.1) is 0 Å². The first-order chi connectivity index (χ1) is 51.7. The van der Waals surface area contributed by atoms with Crippen LogP contribution in [0.15, 0.2) is 97.1 Å². The molecule has 0 saturated heterocycles. The molecule has 625 valence electrons. The second-order valence-corrected chi connectivity index (χ2v) is 46.2. The minimum atomic E-state index is -4.70. The van der Waals surface area contributed by atoms with Gasteiger partial charge in [0.25, 0.3) is 0 Å². The van der Waals surface area contributed by atoms with Crippen molar-refractivity contribution in [1.82, 2.24) is 0 Å². The summed E-state index contributed by atoms with van der Waals surface area (Å²) in [6.07, 6.45) is 1.78. The Labute approximate surface area is 750 Å². The first-order valence-corrected chi connectivity index (χ1v) is 45.8. The molecule has 8 aromatic carbocycles. The van der Waals surface area contributed by atoms with Gasteiger partial charge in [0.05, 0.1) is 0 Å². The molecule has 4 heterocycles. The van der Waals surface area contributed by atoms with Crippen molar-refractivity contribution in [3.05, 3.63) is 231 Å². The molecule has 0 amide bonds. The summed E-state index contributed by atoms with van der Waals surface area (Å²) in [5, 5.41) is 0. The second kappa shape index (κ2) is 36.8. The average Bonchev–Trinajstić information content (AvgIpc) is 0.739. The van der Waals surface area contributed by atoms with Crippen LogP contribution in [0.5, 0.6) is 46.0 Å². The van der Waals surface area contributed by atoms with Crippen molar-refractivity contribution in [3.63, 3.8) is 0 Å². The van der Waals surface area contributed by atoms with Gasteiger partial charge in [0.2, 0.25) is 0 Å². The summed E-state index contributed by atoms with van der Waals surface area (Å²) in [4.78, 5) is 38.8. The largest absolute Gasteiger partial charge is 1.00 e. The van der Waals surface area contributed by atoms with E-state index >= 15 is 0 Å². The van der Waals surface area contributed by atoms with Crippen molar-refractivity contribution < 1.29 is 135 Å². The third-order valence-corrected chi connectivity index (χ3v) is 25.6. The van der Waals surface area contributed by atoms with Gasteiger partial charge in [0.1, 0.15) is 46.0 Å². The molecular weight excluding hydrogens is 1560 g/mol. The third-order valence-electron chi connectivity index (χ3n) is 21.1. The maximum Gasteiger partial charge on any atom is 1.00 e. The Bertz CT molecular complexity index is 4980. The molecule has 1 radical (unpaired) electrons. The monoisotopic (exact) mass is 1690 g/mol. The number of rotatable bonds is 1. The Hall–Kier alpha value is -4.80. The van der Waals surface area contributed by atoms with Crippen LogP contribution in [0.25, 0.3) is 0 Å². The standard InChI is InChI=1S/C30H45O4P.C29H43O4P.2C17H19O4P.Al.3Li.H2O.H/c1-18-21-14-19(27(2,3)4)16-23(29(8,9)10)25(21)33-35(31,32)34-26-22(18)15-20(28(5,6)7)17-24(26)30(11,12)13;1-26(2,3)20-14-18-13-19-15-21(27(4,5)6)17-23(29(10,11)12)25(19)33-34(30,31)32-24(18)22(16-20)28(7,8)9;2*1-10-5-12(3)16-14(7-10)9-15-8-11(2)6-13(4)17(15)21-22(18,19)20-16;;;;;;/h14-18H,1-13H3,(H,31,32);14-17H,13H2,1-12H3,(H,30,31);2*5-8H,9H2,1-4H3,(H,18,19);;;;;1H2;/q;;;;4*+1;;/p-4. The fraction of sp³-hybridized carbons (Fsp3) is 0.484. The molecule has 17 nitrogen and oxygen atoms in total. The van der Waals surface area contributed by atoms with Gasteiger partial charge in [0.15, 0.2) is 0 Å². The molecule has 0 fully saturated rings. The molecule has 0 bridgehead atoms. The number of hydrogen-bond donors (Lipinski definition) is 0. The Morgan fingerprint density at radius 3 is 0.712 bits per heavy atom. The first-order valence-electron chi connectivity index (χ1n) is 39.4. The van der Waals surface area contributed by atoms with Gasteiger partial charge in [0, 0.05) is 58.6 Å². The summed E-state index contributed by atoms with van der Waals surface area (Å²) in [5.41, 5.74) is 21.6. The molecule has 0 spiro atoms. The van der Waals surface area contributed by atoms with Crippen molar-refractivity contribution in [3.8, 4) is 46.0 Å². The van der Waals surface area contributed by atoms with Gasteiger partial charge in [-0.2, -0.15) is 0 Å². The first kappa shape index (κ1) is 104. The van der Waals surface area contributed by atoms with E-state index in [1.165, 1.54) is 0 Å². The van der Waals surface area contributed by atoms with Gasteiger partial charge < -0.3 is 59.9 Å². The smallest absolute Gasteiger partial charge is 0.736 e. The van der Waals surface area contributed by atoms with Crippen molar-refractivity contribution >= 4 is 47.9 Å². The molecule has 2 N–H and O–H groups in total. The summed E-state index contributed by atoms with van der Waals surface area (Å²) in [6.45, 7) is 68.9. The molecule has 12 rings (SSSR count). The molecule has 0 unspecified atom stereocenters. The number of hydrogen-bond acceptors (Lipinski definition) is 16. The minimum Gasteiger partial charge on any atom is -0.736 e. The van der Waals surface area contributed by atoms with E-state index < -0.39 is 31.3 Å². The molecule has 0 aliphatic carbocycles. The van der Waals surface area contributed by atoms with Gasteiger partial charge >= 0.3 is 104 Å². The van der Waals surface area contributed by atoms with Crippen LogP contribution in [0.2, 0.25) is 0 Å². The molecule has 0 aromatic heterocycles. The van der Waals surface area contributed by atoms with E-state index in [1.54, 1.807) is 0 Å². The molecule has 4 aliphatic heterocycles. The Morgan fingerprint density at radius 2 is 0.492 bits per heavy atom. The molecule has 0 atom stereocenters. The van der Waals surface area contributed by atoms with Gasteiger partial charge in [-0.05, 0) is 177 Å². The molecule has 4 aliphatic rings. The average molecular weight is 1690 g/mol. The summed E-state index contributed by atoms with van der Waals surface area (Å²) in [5.74, 6) is 3.44. The van der Waals surface area contributed by atoms with Crippen LogP contribution in [-0.2, 0) is 84.4 Å². The van der Waals surface area contributed by atoms with Gasteiger partial charge in [-0.3, -0.25) is 0 Å². The molecule has 118 heavy (non-hydrogen) atoms. The van der Waals surface area contributed by atoms with Crippen LogP contribution in [-0.4, -0.2) is 22.1 Å². The Balaban J connectivity index is 0.000000282. The van der Waals surface area contributed by atoms with Crippen molar-refractivity contribution in [2.75, 3.05) is 0 Å². The number of aryl methyl sites for hydroxylation is 8. The van der Waals surface area contributed by atoms with E-state index in [-0.39, 0.29) is 111 Å². The van der Waals surface area contributed by atoms with Crippen molar-refractivity contribution in [1.29, 1.82) is 0 Å². The molecular formula is C93H125AlLi3O17P4. The summed E-state index contributed by atoms with van der Waals surface area (Å²) >= 11 is 1.13. The number of benzene rings is 8. The Morgan fingerprint density at radius 1 is 0.297 bits per heavy atom. The summed E-state index contributed by atoms with van der Waals surface area (Å²) < 4.78 is 102. The zero-order valence-corrected chi connectivity index (χ0v) is 82.5. The molecule has 0 saturated carbocycles. The summed E-state index contributed by atoms with van der Waals surface area (Å²) in [6, 6.07) is 32.7. The fourth-order valence-corrected chi connectivity index (χ4v) is 19.2. The van der Waals surface area contributed by atoms with Crippen molar-refractivity contribution in [2.45, 2.75) is 297 Å². The van der Waals surface area contributed by atoms with Crippen LogP contribution in [0, 0.1) is 55.4 Å². The van der Waals surface area contributed by atoms with Crippen molar-refractivity contribution in [2.24, 2.45) is 0 Å². The third kappa shape index (κ3) is 24.6. The van der Waals surface area contributed by atoms with E-state index in [1.807, 2.05) is 91.8 Å². The van der Waals surface area contributed by atoms with Crippen LogP contribution >= 0.6 is 31.3 Å². The Kier molecular flexibility index (Phi) is 32.3. The molecule has 8 aromatic rings. The second-order valence-electron chi connectivity index (χ2n) is 40.1. The van der Waals surface area contributed by atoms with Gasteiger partial charge in [-0.1, -0.05) is 292 Å². The quantitative estimate of drug-likeness (QED) is 0.109.